The molecule has 1 heterocycles. The van der Waals surface area contributed by atoms with Crippen molar-refractivity contribution in [1.82, 2.24) is 20.2 Å². The van der Waals surface area contributed by atoms with Gasteiger partial charge in [0.05, 0.1) is 18.5 Å². The summed E-state index contributed by atoms with van der Waals surface area (Å²) in [5.41, 5.74) is 4.91. The van der Waals surface area contributed by atoms with Crippen molar-refractivity contribution in [2.24, 2.45) is 17.8 Å². The van der Waals surface area contributed by atoms with Crippen LogP contribution in [0.25, 0.3) is 11.1 Å². The minimum Gasteiger partial charge on any atom is -0.465 e. The molecule has 0 unspecified atom stereocenters. The largest absolute Gasteiger partial charge is 0.465 e. The van der Waals surface area contributed by atoms with Gasteiger partial charge in [0.1, 0.15) is 6.04 Å². The molecule has 1 aromatic heterocycles. The fourth-order valence-corrected chi connectivity index (χ4v) is 6.12. The van der Waals surface area contributed by atoms with E-state index in [0.29, 0.717) is 24.5 Å². The smallest absolute Gasteiger partial charge is 0.408 e. The van der Waals surface area contributed by atoms with E-state index in [9.17, 15) is 19.8 Å². The molecule has 4 atom stereocenters. The number of benzene rings is 2. The first-order valence-corrected chi connectivity index (χ1v) is 14.9. The quantitative estimate of drug-likeness (QED) is 0.181. The minimum atomic E-state index is -1.18. The fraction of sp³-hybridized carbons (Fsp3) is 0.441. The first kappa shape index (κ1) is 31.0. The number of fused-ring (bicyclic) bond motifs is 3. The Morgan fingerprint density at radius 1 is 1.05 bits per heavy atom. The van der Waals surface area contributed by atoms with Crippen molar-refractivity contribution in [3.05, 3.63) is 90.5 Å². The van der Waals surface area contributed by atoms with Gasteiger partial charge in [-0.1, -0.05) is 82.3 Å². The Balaban J connectivity index is 1.65. The van der Waals surface area contributed by atoms with Crippen LogP contribution < -0.4 is 5.32 Å². The lowest BCUT2D eigenvalue weighted by Gasteiger charge is -2.34. The van der Waals surface area contributed by atoms with Gasteiger partial charge in [-0.3, -0.25) is 9.69 Å². The lowest BCUT2D eigenvalue weighted by atomic mass is 9.86. The minimum absolute atomic E-state index is 0.0883. The molecule has 4 rings (SSSR count). The molecular weight excluding hydrogens is 528 g/mol. The summed E-state index contributed by atoms with van der Waals surface area (Å²) in [7, 11) is 0. The van der Waals surface area contributed by atoms with Crippen LogP contribution in [0, 0.1) is 17.8 Å². The van der Waals surface area contributed by atoms with Crippen molar-refractivity contribution in [2.45, 2.75) is 71.1 Å². The zero-order valence-electron chi connectivity index (χ0n) is 25.0. The fourth-order valence-electron chi connectivity index (χ4n) is 6.12. The standard InChI is InChI=1S/C34H44N4O4/c1-6-23(22(4)5)16-32(39)30(15-21(2)3)37-33(40)31(17-24-18-35-20-36-24)38(34(41)42)19-29-27-13-9-7-11-25(27)26-12-8-10-14-28(26)29/h6-14,18,20-23,29-32,39H,1,15-17,19H2,2-5H3,(H,35,36)(H,37,40)(H,41,42)/t23-,30-,31-,32+/m0/s1. The van der Waals surface area contributed by atoms with Crippen molar-refractivity contribution in [1.29, 1.82) is 0 Å². The molecule has 0 radical (unpaired) electrons. The third-order valence-electron chi connectivity index (χ3n) is 8.42. The van der Waals surface area contributed by atoms with Crippen LogP contribution in [-0.2, 0) is 11.2 Å². The highest BCUT2D eigenvalue weighted by Crippen LogP contribution is 2.45. The number of rotatable bonds is 14. The van der Waals surface area contributed by atoms with Crippen LogP contribution in [-0.4, -0.2) is 61.8 Å². The van der Waals surface area contributed by atoms with Gasteiger partial charge in [0.15, 0.2) is 0 Å². The van der Waals surface area contributed by atoms with Crippen molar-refractivity contribution in [2.75, 3.05) is 6.54 Å². The molecule has 1 aliphatic rings. The van der Waals surface area contributed by atoms with Crippen molar-refractivity contribution >= 4 is 12.0 Å². The molecule has 2 aromatic carbocycles. The van der Waals surface area contributed by atoms with E-state index in [1.807, 2.05) is 56.3 Å². The molecule has 3 aromatic rings. The van der Waals surface area contributed by atoms with Crippen LogP contribution in [0.1, 0.15) is 63.3 Å². The highest BCUT2D eigenvalue weighted by Gasteiger charge is 2.38. The average Bonchev–Trinajstić information content (AvgIpc) is 3.58. The number of aliphatic hydroxyl groups excluding tert-OH is 1. The van der Waals surface area contributed by atoms with Gasteiger partial charge in [-0.05, 0) is 52.8 Å². The second-order valence-corrected chi connectivity index (χ2v) is 12.2. The molecule has 1 aliphatic carbocycles. The van der Waals surface area contributed by atoms with Crippen LogP contribution in [0.2, 0.25) is 0 Å². The summed E-state index contributed by atoms with van der Waals surface area (Å²) in [6.45, 7) is 12.3. The predicted octanol–water partition coefficient (Wildman–Crippen LogP) is 5.85. The highest BCUT2D eigenvalue weighted by molar-refractivity contribution is 5.86. The van der Waals surface area contributed by atoms with Gasteiger partial charge in [-0.25, -0.2) is 9.78 Å². The maximum atomic E-state index is 14.1. The summed E-state index contributed by atoms with van der Waals surface area (Å²) in [4.78, 5) is 35.3. The first-order chi connectivity index (χ1) is 20.1. The first-order valence-electron chi connectivity index (χ1n) is 14.9. The number of carbonyl (C=O) groups excluding carboxylic acids is 1. The molecule has 8 heteroatoms. The Kier molecular flexibility index (Phi) is 10.2. The number of imidazole rings is 1. The molecule has 8 nitrogen and oxygen atoms in total. The normalized spacial score (nSPS) is 15.5. The molecule has 0 bridgehead atoms. The van der Waals surface area contributed by atoms with Crippen LogP contribution in [0.15, 0.2) is 73.7 Å². The highest BCUT2D eigenvalue weighted by atomic mass is 16.4. The van der Waals surface area contributed by atoms with Crippen LogP contribution >= 0.6 is 0 Å². The van der Waals surface area contributed by atoms with E-state index in [2.05, 4.69) is 47.8 Å². The topological polar surface area (TPSA) is 119 Å². The Bertz CT molecular complexity index is 1310. The van der Waals surface area contributed by atoms with E-state index >= 15 is 0 Å². The number of H-pyrrole nitrogens is 1. The van der Waals surface area contributed by atoms with E-state index in [1.54, 1.807) is 6.20 Å². The van der Waals surface area contributed by atoms with Gasteiger partial charge in [0.25, 0.3) is 0 Å². The number of hydrogen-bond donors (Lipinski definition) is 4. The summed E-state index contributed by atoms with van der Waals surface area (Å²) in [5, 5.41) is 24.9. The zero-order valence-corrected chi connectivity index (χ0v) is 25.0. The van der Waals surface area contributed by atoms with Crippen molar-refractivity contribution < 1.29 is 19.8 Å². The maximum absolute atomic E-state index is 14.1. The SMILES string of the molecule is C=C[C@@H](C[C@@H](O)[C@H](CC(C)C)NC(=O)[C@H](Cc1cnc[nH]1)N(CC1c2ccccc2-c2ccccc21)C(=O)O)C(C)C. The molecule has 0 aliphatic heterocycles. The summed E-state index contributed by atoms with van der Waals surface area (Å²) >= 11 is 0. The predicted molar refractivity (Wildman–Crippen MR) is 165 cm³/mol. The van der Waals surface area contributed by atoms with Crippen LogP contribution in [0.3, 0.4) is 0 Å². The molecule has 0 saturated carbocycles. The molecule has 2 amide bonds. The number of hydrogen-bond acceptors (Lipinski definition) is 4. The summed E-state index contributed by atoms with van der Waals surface area (Å²) in [5.74, 6) is -0.0667. The number of nitrogens with zero attached hydrogens (tertiary/aromatic N) is 2. The summed E-state index contributed by atoms with van der Waals surface area (Å²) in [6.07, 6.45) is 4.14. The summed E-state index contributed by atoms with van der Waals surface area (Å²) in [6, 6.07) is 14.5. The van der Waals surface area contributed by atoms with E-state index in [4.69, 9.17) is 0 Å². The third kappa shape index (κ3) is 7.10. The molecule has 42 heavy (non-hydrogen) atoms. The number of allylic oxidation sites excluding steroid dienone is 1. The van der Waals surface area contributed by atoms with E-state index in [1.165, 1.54) is 11.2 Å². The Hall–Kier alpha value is -3.91. The van der Waals surface area contributed by atoms with Crippen molar-refractivity contribution in [3.8, 4) is 11.1 Å². The van der Waals surface area contributed by atoms with Gasteiger partial charge in [0, 0.05) is 30.8 Å². The molecule has 0 fully saturated rings. The Morgan fingerprint density at radius 3 is 2.17 bits per heavy atom. The monoisotopic (exact) mass is 572 g/mol. The van der Waals surface area contributed by atoms with E-state index in [-0.39, 0.29) is 30.7 Å². The van der Waals surface area contributed by atoms with Gasteiger partial charge in [-0.15, -0.1) is 6.58 Å². The lowest BCUT2D eigenvalue weighted by Crippen LogP contribution is -2.55. The second-order valence-electron chi connectivity index (χ2n) is 12.2. The molecule has 4 N–H and O–H groups in total. The Labute approximate surface area is 248 Å². The number of carbonyl (C=O) groups is 2. The lowest BCUT2D eigenvalue weighted by molar-refractivity contribution is -0.127. The van der Waals surface area contributed by atoms with E-state index in [0.717, 1.165) is 22.3 Å². The van der Waals surface area contributed by atoms with Crippen molar-refractivity contribution in [3.63, 3.8) is 0 Å². The van der Waals surface area contributed by atoms with Crippen LogP contribution in [0.5, 0.6) is 0 Å². The number of carboxylic acid groups (broad SMARTS) is 1. The number of aliphatic hydroxyl groups is 1. The molecule has 0 saturated heterocycles. The van der Waals surface area contributed by atoms with Gasteiger partial charge < -0.3 is 20.5 Å². The number of aromatic amines is 1. The molecule has 0 spiro atoms. The summed E-state index contributed by atoms with van der Waals surface area (Å²) < 4.78 is 0. The van der Waals surface area contributed by atoms with Crippen LogP contribution in [0.4, 0.5) is 4.79 Å². The number of nitrogens with one attached hydrogen (secondary N) is 2. The third-order valence-corrected chi connectivity index (χ3v) is 8.42. The molecule has 224 valence electrons. The Morgan fingerprint density at radius 2 is 1.67 bits per heavy atom. The second kappa shape index (κ2) is 13.8. The zero-order chi connectivity index (χ0) is 30.4. The number of amides is 2. The van der Waals surface area contributed by atoms with Gasteiger partial charge in [0.2, 0.25) is 5.91 Å². The molecular formula is C34H44N4O4. The maximum Gasteiger partial charge on any atom is 0.408 e. The number of aromatic nitrogens is 2. The van der Waals surface area contributed by atoms with Gasteiger partial charge in [-0.2, -0.15) is 0 Å². The van der Waals surface area contributed by atoms with E-state index < -0.39 is 30.2 Å². The average molecular weight is 573 g/mol. The van der Waals surface area contributed by atoms with Gasteiger partial charge >= 0.3 is 6.09 Å².